The van der Waals surface area contributed by atoms with Crippen molar-refractivity contribution in [3.8, 4) is 0 Å². The minimum atomic E-state index is -0.0142. The van der Waals surface area contributed by atoms with Gasteiger partial charge in [0.1, 0.15) is 11.2 Å². The number of para-hydroxylation sites is 4. The number of nitrogens with zero attached hydrogens (tertiary/aromatic N) is 2. The highest BCUT2D eigenvalue weighted by Gasteiger charge is 2.37. The maximum Gasteiger partial charge on any atom is 0.137 e. The van der Waals surface area contributed by atoms with Gasteiger partial charge < -0.3 is 14.2 Å². The summed E-state index contributed by atoms with van der Waals surface area (Å²) in [6, 6.07) is 65.3. The first-order valence-electron chi connectivity index (χ1n) is 17.7. The van der Waals surface area contributed by atoms with Gasteiger partial charge >= 0.3 is 0 Å². The van der Waals surface area contributed by atoms with Crippen LogP contribution in [0.15, 0.2) is 186 Å². The number of fused-ring (bicyclic) bond motifs is 3. The van der Waals surface area contributed by atoms with Gasteiger partial charge in [0.2, 0.25) is 0 Å². The first kappa shape index (κ1) is 30.0. The third-order valence-electron chi connectivity index (χ3n) is 10.5. The van der Waals surface area contributed by atoms with E-state index in [1.165, 1.54) is 24.0 Å². The fourth-order valence-electron chi connectivity index (χ4n) is 8.13. The molecule has 0 unspecified atom stereocenters. The highest BCUT2D eigenvalue weighted by Crippen LogP contribution is 2.49. The second-order valence-electron chi connectivity index (χ2n) is 13.3. The van der Waals surface area contributed by atoms with Crippen molar-refractivity contribution in [1.29, 1.82) is 0 Å². The Bertz CT molecular complexity index is 2320. The Kier molecular flexibility index (Phi) is 7.66. The third-order valence-corrected chi connectivity index (χ3v) is 10.5. The molecule has 0 aliphatic heterocycles. The van der Waals surface area contributed by atoms with Gasteiger partial charge in [0.15, 0.2) is 0 Å². The molecule has 0 spiro atoms. The van der Waals surface area contributed by atoms with Crippen LogP contribution in [0.4, 0.5) is 34.1 Å². The van der Waals surface area contributed by atoms with Crippen LogP contribution in [-0.2, 0) is 5.41 Å². The maximum atomic E-state index is 6.31. The summed E-state index contributed by atoms with van der Waals surface area (Å²) >= 11 is 0. The Morgan fingerprint density at radius 1 is 0.380 bits per heavy atom. The van der Waals surface area contributed by atoms with Gasteiger partial charge in [-0.05, 0) is 103 Å². The van der Waals surface area contributed by atoms with E-state index >= 15 is 0 Å². The van der Waals surface area contributed by atoms with Crippen LogP contribution >= 0.6 is 0 Å². The van der Waals surface area contributed by atoms with Crippen LogP contribution in [-0.4, -0.2) is 0 Å². The topological polar surface area (TPSA) is 19.6 Å². The van der Waals surface area contributed by atoms with Gasteiger partial charge in [-0.25, -0.2) is 0 Å². The molecule has 1 aliphatic carbocycles. The average molecular weight is 647 g/mol. The van der Waals surface area contributed by atoms with Crippen LogP contribution in [0.3, 0.4) is 0 Å². The van der Waals surface area contributed by atoms with Gasteiger partial charge in [-0.1, -0.05) is 116 Å². The van der Waals surface area contributed by atoms with Crippen LogP contribution in [0, 0.1) is 0 Å². The van der Waals surface area contributed by atoms with Crippen molar-refractivity contribution in [3.63, 3.8) is 0 Å². The Morgan fingerprint density at radius 3 is 1.38 bits per heavy atom. The second kappa shape index (κ2) is 12.8. The lowest BCUT2D eigenvalue weighted by Crippen LogP contribution is -2.24. The second-order valence-corrected chi connectivity index (χ2v) is 13.3. The summed E-state index contributed by atoms with van der Waals surface area (Å²) in [7, 11) is 0. The molecule has 3 nitrogen and oxygen atoms in total. The van der Waals surface area contributed by atoms with Crippen LogP contribution in [0.1, 0.15) is 36.8 Å². The van der Waals surface area contributed by atoms with Gasteiger partial charge in [-0.3, -0.25) is 0 Å². The summed E-state index contributed by atoms with van der Waals surface area (Å²) in [6.45, 7) is 0. The minimum Gasteiger partial charge on any atom is -0.456 e. The summed E-state index contributed by atoms with van der Waals surface area (Å²) in [5, 5.41) is 2.26. The third kappa shape index (κ3) is 5.23. The summed E-state index contributed by atoms with van der Waals surface area (Å²) in [6.07, 6.45) is 4.76. The fraction of sp³-hybridized carbons (Fsp3) is 0.106. The molecule has 9 rings (SSSR count). The number of rotatable bonds is 8. The highest BCUT2D eigenvalue weighted by atomic mass is 16.3. The first-order chi connectivity index (χ1) is 24.8. The Labute approximate surface area is 293 Å². The van der Waals surface area contributed by atoms with Crippen molar-refractivity contribution in [3.05, 3.63) is 193 Å². The van der Waals surface area contributed by atoms with Crippen LogP contribution in [0.2, 0.25) is 0 Å². The van der Waals surface area contributed by atoms with Crippen molar-refractivity contribution < 1.29 is 4.42 Å². The maximum absolute atomic E-state index is 6.31. The minimum absolute atomic E-state index is 0.0142. The molecule has 0 atom stereocenters. The number of hydrogen-bond acceptors (Lipinski definition) is 3. The van der Waals surface area contributed by atoms with E-state index in [0.717, 1.165) is 68.9 Å². The van der Waals surface area contributed by atoms with Crippen LogP contribution in [0.25, 0.3) is 21.9 Å². The molecule has 0 radical (unpaired) electrons. The van der Waals surface area contributed by atoms with Crippen LogP contribution in [0.5, 0.6) is 0 Å². The van der Waals surface area contributed by atoms with E-state index in [1.807, 2.05) is 6.07 Å². The van der Waals surface area contributed by atoms with Crippen molar-refractivity contribution in [2.75, 3.05) is 9.80 Å². The molecule has 1 saturated carbocycles. The van der Waals surface area contributed by atoms with Gasteiger partial charge in [0, 0.05) is 39.2 Å². The normalized spacial score (nSPS) is 13.8. The molecule has 1 aliphatic rings. The van der Waals surface area contributed by atoms with Crippen LogP contribution < -0.4 is 9.80 Å². The molecule has 1 fully saturated rings. The molecular formula is C47H38N2O. The highest BCUT2D eigenvalue weighted by molar-refractivity contribution is 6.13. The monoisotopic (exact) mass is 646 g/mol. The number of benzene rings is 7. The van der Waals surface area contributed by atoms with Gasteiger partial charge in [-0.2, -0.15) is 0 Å². The molecule has 0 saturated heterocycles. The number of furan rings is 1. The standard InChI is InChI=1S/C47H38N2O/c1-4-15-37(16-5-1)48(38-17-6-2-7-18-38)40-29-25-35(26-30-40)47(33-12-13-34-47)36-27-31-41(32-28-36)49(39-19-8-3-9-20-39)43-22-14-24-45-46(43)42-21-10-11-23-44(42)50-45/h1-11,14-32H,12-13,33-34H2. The molecule has 1 aromatic heterocycles. The van der Waals surface area contributed by atoms with E-state index < -0.39 is 0 Å². The summed E-state index contributed by atoms with van der Waals surface area (Å²) in [5.74, 6) is 0. The number of hydrogen-bond donors (Lipinski definition) is 0. The average Bonchev–Trinajstić information content (AvgIpc) is 3.84. The lowest BCUT2D eigenvalue weighted by atomic mass is 9.73. The molecule has 0 bridgehead atoms. The summed E-state index contributed by atoms with van der Waals surface area (Å²) in [4.78, 5) is 4.70. The molecule has 1 heterocycles. The van der Waals surface area contributed by atoms with E-state index in [0.29, 0.717) is 0 Å². The Balaban J connectivity index is 1.11. The van der Waals surface area contributed by atoms with E-state index in [4.69, 9.17) is 4.42 Å². The van der Waals surface area contributed by atoms with Gasteiger partial charge in [-0.15, -0.1) is 0 Å². The molecular weight excluding hydrogens is 609 g/mol. The number of anilines is 6. The zero-order valence-electron chi connectivity index (χ0n) is 28.0. The van der Waals surface area contributed by atoms with Crippen molar-refractivity contribution in [2.45, 2.75) is 31.1 Å². The zero-order chi connectivity index (χ0) is 33.3. The van der Waals surface area contributed by atoms with Crippen molar-refractivity contribution >= 4 is 56.1 Å². The predicted octanol–water partition coefficient (Wildman–Crippen LogP) is 13.4. The largest absolute Gasteiger partial charge is 0.456 e. The SMILES string of the molecule is c1ccc(N(c2ccccc2)c2ccc(C3(c4ccc(N(c5ccccc5)c5cccc6oc7ccccc7c56)cc4)CCCC3)cc2)cc1. The van der Waals surface area contributed by atoms with Gasteiger partial charge in [0.05, 0.1) is 11.1 Å². The van der Waals surface area contributed by atoms with E-state index in [1.54, 1.807) is 0 Å². The fourth-order valence-corrected chi connectivity index (χ4v) is 8.13. The van der Waals surface area contributed by atoms with E-state index in [9.17, 15) is 0 Å². The quantitative estimate of drug-likeness (QED) is 0.164. The van der Waals surface area contributed by atoms with E-state index in [2.05, 4.69) is 186 Å². The molecule has 242 valence electrons. The first-order valence-corrected chi connectivity index (χ1v) is 17.7. The Hall–Kier alpha value is -6.06. The lowest BCUT2D eigenvalue weighted by Gasteiger charge is -2.33. The Morgan fingerprint density at radius 2 is 0.820 bits per heavy atom. The van der Waals surface area contributed by atoms with Crippen molar-refractivity contribution in [1.82, 2.24) is 0 Å². The molecule has 3 heteroatoms. The van der Waals surface area contributed by atoms with E-state index in [-0.39, 0.29) is 5.41 Å². The van der Waals surface area contributed by atoms with Gasteiger partial charge in [0.25, 0.3) is 0 Å². The molecule has 50 heavy (non-hydrogen) atoms. The molecule has 0 amide bonds. The predicted molar refractivity (Wildman–Crippen MR) is 209 cm³/mol. The lowest BCUT2D eigenvalue weighted by molar-refractivity contribution is 0.535. The zero-order valence-corrected chi connectivity index (χ0v) is 28.0. The summed E-state index contributed by atoms with van der Waals surface area (Å²) < 4.78 is 6.31. The molecule has 7 aromatic carbocycles. The molecule has 8 aromatic rings. The smallest absolute Gasteiger partial charge is 0.137 e. The van der Waals surface area contributed by atoms with Crippen molar-refractivity contribution in [2.24, 2.45) is 0 Å². The summed E-state index contributed by atoms with van der Waals surface area (Å²) in [5.41, 5.74) is 11.4. The molecule has 0 N–H and O–H groups in total.